The molecule has 0 fully saturated rings. The number of primary amides is 1. The van der Waals surface area contributed by atoms with Crippen molar-refractivity contribution in [2.75, 3.05) is 7.11 Å². The van der Waals surface area contributed by atoms with E-state index in [1.165, 1.54) is 25.6 Å². The number of urea groups is 1. The van der Waals surface area contributed by atoms with Crippen LogP contribution in [0.2, 0.25) is 0 Å². The van der Waals surface area contributed by atoms with Crippen molar-refractivity contribution < 1.29 is 14.3 Å². The maximum Gasteiger partial charge on any atom is 0.410 e. The van der Waals surface area contributed by atoms with Crippen molar-refractivity contribution in [2.24, 2.45) is 10.8 Å². The van der Waals surface area contributed by atoms with Crippen molar-refractivity contribution in [3.63, 3.8) is 0 Å². The van der Waals surface area contributed by atoms with E-state index in [1.54, 1.807) is 0 Å². The summed E-state index contributed by atoms with van der Waals surface area (Å²) in [6.45, 7) is 0. The molecule has 7 heteroatoms. The highest BCUT2D eigenvalue weighted by Gasteiger charge is 1.89. The molecule has 13 heavy (non-hydrogen) atoms. The van der Waals surface area contributed by atoms with Gasteiger partial charge in [0.25, 0.3) is 0 Å². The van der Waals surface area contributed by atoms with Gasteiger partial charge >= 0.3 is 12.1 Å². The normalized spacial score (nSPS) is 10.2. The van der Waals surface area contributed by atoms with Gasteiger partial charge in [0.2, 0.25) is 0 Å². The van der Waals surface area contributed by atoms with Gasteiger partial charge in [0, 0.05) is 12.4 Å². The van der Waals surface area contributed by atoms with Crippen molar-refractivity contribution in [1.29, 1.82) is 0 Å². The van der Waals surface area contributed by atoms with Gasteiger partial charge < -0.3 is 10.5 Å². The number of nitrogens with zero attached hydrogens (tertiary/aromatic N) is 1. The minimum Gasteiger partial charge on any atom is -0.453 e. The number of alkyl carbamates (subject to hydrolysis) is 1. The Kier molecular flexibility index (Phi) is 5.60. The third-order valence-corrected chi connectivity index (χ3v) is 0.818. The van der Waals surface area contributed by atoms with Gasteiger partial charge in [-0.1, -0.05) is 0 Å². The zero-order valence-electron chi connectivity index (χ0n) is 6.98. The average molecular weight is 186 g/mol. The Morgan fingerprint density at radius 2 is 2.23 bits per heavy atom. The number of carbonyl (C=O) groups excluding carboxylic acids is 2. The van der Waals surface area contributed by atoms with Crippen molar-refractivity contribution in [3.05, 3.63) is 12.3 Å². The number of hydrogen-bond donors (Lipinski definition) is 3. The molecule has 0 aliphatic carbocycles. The molecule has 0 aliphatic heterocycles. The molecule has 0 aromatic carbocycles. The summed E-state index contributed by atoms with van der Waals surface area (Å²) in [6.07, 6.45) is 3.32. The number of hydrazone groups is 1. The molecule has 0 heterocycles. The van der Waals surface area contributed by atoms with Crippen molar-refractivity contribution in [1.82, 2.24) is 10.7 Å². The van der Waals surface area contributed by atoms with E-state index < -0.39 is 12.1 Å². The van der Waals surface area contributed by atoms with Crippen LogP contribution in [0.3, 0.4) is 0 Å². The highest BCUT2D eigenvalue weighted by molar-refractivity contribution is 5.76. The number of rotatable bonds is 3. The Balaban J connectivity index is 3.57. The Bertz CT molecular complexity index is 236. The third kappa shape index (κ3) is 7.85. The molecule has 0 radical (unpaired) electrons. The number of allylic oxidation sites excluding steroid dienone is 1. The summed E-state index contributed by atoms with van der Waals surface area (Å²) in [6, 6.07) is -0.759. The van der Waals surface area contributed by atoms with Gasteiger partial charge in [0.1, 0.15) is 0 Å². The predicted molar refractivity (Wildman–Crippen MR) is 45.9 cm³/mol. The maximum absolute atomic E-state index is 10.4. The lowest BCUT2D eigenvalue weighted by Crippen LogP contribution is -2.24. The number of nitrogens with two attached hydrogens (primary N) is 1. The molecule has 0 rings (SSSR count). The fourth-order valence-electron chi connectivity index (χ4n) is 0.362. The second kappa shape index (κ2) is 6.65. The topological polar surface area (TPSA) is 106 Å². The summed E-state index contributed by atoms with van der Waals surface area (Å²) < 4.78 is 4.26. The van der Waals surface area contributed by atoms with Crippen LogP contribution in [0.4, 0.5) is 9.59 Å². The van der Waals surface area contributed by atoms with E-state index in [1.807, 2.05) is 5.43 Å². The van der Waals surface area contributed by atoms with Gasteiger partial charge in [-0.25, -0.2) is 15.0 Å². The smallest absolute Gasteiger partial charge is 0.410 e. The lowest BCUT2D eigenvalue weighted by Gasteiger charge is -1.93. The highest BCUT2D eigenvalue weighted by Crippen LogP contribution is 1.70. The van der Waals surface area contributed by atoms with Crippen LogP contribution in [0, 0.1) is 0 Å². The molecule has 0 spiro atoms. The van der Waals surface area contributed by atoms with Crippen molar-refractivity contribution >= 4 is 18.3 Å². The number of nitrogens with one attached hydrogen (secondary N) is 2. The van der Waals surface area contributed by atoms with E-state index >= 15 is 0 Å². The number of amides is 3. The summed E-state index contributed by atoms with van der Waals surface area (Å²) in [4.78, 5) is 20.5. The zero-order valence-corrected chi connectivity index (χ0v) is 6.98. The van der Waals surface area contributed by atoms with Crippen LogP contribution in [0.1, 0.15) is 0 Å². The van der Waals surface area contributed by atoms with Gasteiger partial charge in [-0.3, -0.25) is 5.32 Å². The largest absolute Gasteiger partial charge is 0.453 e. The quantitative estimate of drug-likeness (QED) is 0.409. The highest BCUT2D eigenvalue weighted by atomic mass is 16.5. The van der Waals surface area contributed by atoms with Gasteiger partial charge in [0.05, 0.1) is 7.11 Å². The van der Waals surface area contributed by atoms with E-state index in [0.29, 0.717) is 0 Å². The van der Waals surface area contributed by atoms with Gasteiger partial charge in [-0.2, -0.15) is 5.10 Å². The molecule has 4 N–H and O–H groups in total. The molecule has 0 atom stereocenters. The first-order valence-corrected chi connectivity index (χ1v) is 3.25. The summed E-state index contributed by atoms with van der Waals surface area (Å²) in [5.41, 5.74) is 6.66. The van der Waals surface area contributed by atoms with Crippen LogP contribution in [0.5, 0.6) is 0 Å². The SMILES string of the molecule is COC(=O)N/C=C/C=N/NC(N)=O. The van der Waals surface area contributed by atoms with Gasteiger partial charge in [0.15, 0.2) is 0 Å². The van der Waals surface area contributed by atoms with Crippen molar-refractivity contribution in [2.45, 2.75) is 0 Å². The van der Waals surface area contributed by atoms with E-state index in [4.69, 9.17) is 5.73 Å². The molecule has 7 nitrogen and oxygen atoms in total. The molecule has 72 valence electrons. The molecule has 0 aromatic rings. The number of ether oxygens (including phenoxy) is 1. The lowest BCUT2D eigenvalue weighted by molar-refractivity contribution is 0.175. The second-order valence-electron chi connectivity index (χ2n) is 1.75. The Morgan fingerprint density at radius 3 is 2.77 bits per heavy atom. The molecule has 0 bridgehead atoms. The van der Waals surface area contributed by atoms with Crippen LogP contribution < -0.4 is 16.5 Å². The number of methoxy groups -OCH3 is 1. The molecule has 0 aliphatic rings. The van der Waals surface area contributed by atoms with Crippen molar-refractivity contribution in [3.8, 4) is 0 Å². The fourth-order valence-corrected chi connectivity index (χ4v) is 0.362. The summed E-state index contributed by atoms with van der Waals surface area (Å²) >= 11 is 0. The summed E-state index contributed by atoms with van der Waals surface area (Å²) in [5, 5.41) is 5.61. The standard InChI is InChI=1S/C6H10N4O3/c1-13-6(12)8-3-2-4-9-10-5(7)11/h2-4H,1H3,(H,8,12)(H3,7,10,11)/b3-2+,9-4+. The minimum absolute atomic E-state index is 0.590. The van der Waals surface area contributed by atoms with E-state index in [0.717, 1.165) is 0 Å². The predicted octanol–water partition coefficient (Wildman–Crippen LogP) is -0.490. The minimum atomic E-state index is -0.759. The van der Waals surface area contributed by atoms with Crippen LogP contribution in [-0.2, 0) is 4.74 Å². The molecule has 3 amide bonds. The number of hydrogen-bond acceptors (Lipinski definition) is 4. The zero-order chi connectivity index (χ0) is 10.1. The Labute approximate surface area is 74.6 Å². The first kappa shape index (κ1) is 11.0. The van der Waals surface area contributed by atoms with Gasteiger partial charge in [-0.15, -0.1) is 0 Å². The lowest BCUT2D eigenvalue weighted by atomic mass is 10.6. The van der Waals surface area contributed by atoms with Crippen LogP contribution >= 0.6 is 0 Å². The third-order valence-electron chi connectivity index (χ3n) is 0.818. The molecular formula is C6H10N4O3. The molecule has 0 unspecified atom stereocenters. The van der Waals surface area contributed by atoms with E-state index in [9.17, 15) is 9.59 Å². The Morgan fingerprint density at radius 1 is 1.54 bits per heavy atom. The Hall–Kier alpha value is -2.05. The monoisotopic (exact) mass is 186 g/mol. The first-order chi connectivity index (χ1) is 6.16. The first-order valence-electron chi connectivity index (χ1n) is 3.25. The van der Waals surface area contributed by atoms with Gasteiger partial charge in [-0.05, 0) is 6.08 Å². The number of carbonyl (C=O) groups is 2. The maximum atomic E-state index is 10.4. The van der Waals surface area contributed by atoms with Crippen LogP contribution in [0.15, 0.2) is 17.4 Å². The molecule has 0 aromatic heterocycles. The molecule has 0 saturated carbocycles. The van der Waals surface area contributed by atoms with Crippen LogP contribution in [0.25, 0.3) is 0 Å². The fraction of sp³-hybridized carbons (Fsp3) is 0.167. The molecule has 0 saturated heterocycles. The van der Waals surface area contributed by atoms with E-state index in [2.05, 4.69) is 15.2 Å². The summed E-state index contributed by atoms with van der Waals surface area (Å²) in [5.74, 6) is 0. The van der Waals surface area contributed by atoms with Crippen LogP contribution in [-0.4, -0.2) is 25.4 Å². The van der Waals surface area contributed by atoms with E-state index in [-0.39, 0.29) is 0 Å². The summed E-state index contributed by atoms with van der Waals surface area (Å²) in [7, 11) is 1.24. The molecular weight excluding hydrogens is 176 g/mol. The second-order valence-corrected chi connectivity index (χ2v) is 1.75. The average Bonchev–Trinajstić information content (AvgIpc) is 2.10.